The standard InChI is InChI=1S/C16H14N4O5/c1-8-17-14(25-19-8)7-9-2-4-12-11(6-9)20(16(23)24-12)10-3-5-13(21)18-15(10)22/h2,4,6,10H,3,5,7H2,1H3,(H,18,21,22). The number of hydrogen-bond donors (Lipinski definition) is 1. The highest BCUT2D eigenvalue weighted by Gasteiger charge is 2.31. The van der Waals surface area contributed by atoms with Crippen molar-refractivity contribution in [2.45, 2.75) is 32.2 Å². The molecule has 1 fully saturated rings. The maximum atomic E-state index is 12.2. The van der Waals surface area contributed by atoms with Crippen molar-refractivity contribution >= 4 is 22.9 Å². The van der Waals surface area contributed by atoms with Gasteiger partial charge in [-0.05, 0) is 31.0 Å². The zero-order chi connectivity index (χ0) is 17.6. The first kappa shape index (κ1) is 15.3. The number of aromatic nitrogens is 3. The second kappa shape index (κ2) is 5.69. The number of hydrogen-bond acceptors (Lipinski definition) is 7. The van der Waals surface area contributed by atoms with Crippen LogP contribution in [0.25, 0.3) is 11.1 Å². The van der Waals surface area contributed by atoms with Crippen LogP contribution in [0.4, 0.5) is 0 Å². The summed E-state index contributed by atoms with van der Waals surface area (Å²) in [4.78, 5) is 39.8. The topological polar surface area (TPSA) is 120 Å². The Kier molecular flexibility index (Phi) is 3.48. The maximum absolute atomic E-state index is 12.2. The molecule has 128 valence electrons. The van der Waals surface area contributed by atoms with Crippen molar-refractivity contribution < 1.29 is 18.5 Å². The average Bonchev–Trinajstić information content (AvgIpc) is 3.10. The van der Waals surface area contributed by atoms with Crippen LogP contribution >= 0.6 is 0 Å². The Morgan fingerprint density at radius 1 is 1.32 bits per heavy atom. The maximum Gasteiger partial charge on any atom is 0.420 e. The van der Waals surface area contributed by atoms with Gasteiger partial charge in [0.05, 0.1) is 11.9 Å². The third-order valence-corrected chi connectivity index (χ3v) is 4.12. The monoisotopic (exact) mass is 342 g/mol. The molecule has 0 saturated carbocycles. The van der Waals surface area contributed by atoms with Gasteiger partial charge < -0.3 is 8.94 Å². The number of fused-ring (bicyclic) bond motifs is 1. The number of carbonyl (C=O) groups excluding carboxylic acids is 2. The molecule has 1 N–H and O–H groups in total. The number of nitrogens with one attached hydrogen (secondary N) is 1. The summed E-state index contributed by atoms with van der Waals surface area (Å²) in [5.41, 5.74) is 1.70. The normalized spacial score (nSPS) is 17.9. The van der Waals surface area contributed by atoms with E-state index >= 15 is 0 Å². The van der Waals surface area contributed by atoms with Gasteiger partial charge in [-0.2, -0.15) is 4.98 Å². The van der Waals surface area contributed by atoms with Gasteiger partial charge in [0, 0.05) is 6.42 Å². The van der Waals surface area contributed by atoms with Crippen LogP contribution in [-0.4, -0.2) is 26.5 Å². The summed E-state index contributed by atoms with van der Waals surface area (Å²) in [6.45, 7) is 1.73. The predicted molar refractivity (Wildman–Crippen MR) is 83.7 cm³/mol. The molecule has 0 bridgehead atoms. The minimum absolute atomic E-state index is 0.177. The Morgan fingerprint density at radius 3 is 2.88 bits per heavy atom. The lowest BCUT2D eigenvalue weighted by Gasteiger charge is -2.21. The van der Waals surface area contributed by atoms with Crippen molar-refractivity contribution in [1.29, 1.82) is 0 Å². The van der Waals surface area contributed by atoms with E-state index in [1.165, 1.54) is 4.57 Å². The third-order valence-electron chi connectivity index (χ3n) is 4.12. The predicted octanol–water partition coefficient (Wildman–Crippen LogP) is 0.854. The number of oxazole rings is 1. The van der Waals surface area contributed by atoms with Gasteiger partial charge in [-0.1, -0.05) is 11.2 Å². The van der Waals surface area contributed by atoms with Crippen molar-refractivity contribution in [1.82, 2.24) is 20.0 Å². The fourth-order valence-corrected chi connectivity index (χ4v) is 3.00. The summed E-state index contributed by atoms with van der Waals surface area (Å²) >= 11 is 0. The Morgan fingerprint density at radius 2 is 2.16 bits per heavy atom. The number of rotatable bonds is 3. The number of imide groups is 1. The third kappa shape index (κ3) is 2.73. The van der Waals surface area contributed by atoms with Crippen LogP contribution in [-0.2, 0) is 16.0 Å². The van der Waals surface area contributed by atoms with E-state index in [0.717, 1.165) is 5.56 Å². The molecule has 2 aromatic heterocycles. The molecule has 0 aliphatic carbocycles. The van der Waals surface area contributed by atoms with E-state index in [1.54, 1.807) is 25.1 Å². The van der Waals surface area contributed by atoms with E-state index in [9.17, 15) is 14.4 Å². The number of nitrogens with zero attached hydrogens (tertiary/aromatic N) is 3. The largest absolute Gasteiger partial charge is 0.420 e. The summed E-state index contributed by atoms with van der Waals surface area (Å²) in [6.07, 6.45) is 0.828. The highest BCUT2D eigenvalue weighted by atomic mass is 16.5. The highest BCUT2D eigenvalue weighted by Crippen LogP contribution is 2.24. The molecule has 4 rings (SSSR count). The van der Waals surface area contributed by atoms with Gasteiger partial charge in [-0.15, -0.1) is 0 Å². The molecule has 3 heterocycles. The molecule has 1 aliphatic heterocycles. The minimum Gasteiger partial charge on any atom is -0.408 e. The Labute approximate surface area is 140 Å². The molecule has 25 heavy (non-hydrogen) atoms. The molecule has 1 saturated heterocycles. The van der Waals surface area contributed by atoms with E-state index in [-0.39, 0.29) is 18.7 Å². The summed E-state index contributed by atoms with van der Waals surface area (Å²) in [7, 11) is 0. The number of carbonyl (C=O) groups is 2. The van der Waals surface area contributed by atoms with Crippen molar-refractivity contribution in [2.24, 2.45) is 0 Å². The van der Waals surface area contributed by atoms with Gasteiger partial charge in [0.25, 0.3) is 0 Å². The first-order valence-corrected chi connectivity index (χ1v) is 7.78. The molecule has 1 aromatic carbocycles. The molecule has 1 atom stereocenters. The Bertz CT molecular complexity index is 1040. The number of benzene rings is 1. The van der Waals surface area contributed by atoms with Gasteiger partial charge in [0.2, 0.25) is 17.7 Å². The van der Waals surface area contributed by atoms with Crippen LogP contribution < -0.4 is 11.1 Å². The summed E-state index contributed by atoms with van der Waals surface area (Å²) in [5.74, 6) is -0.473. The van der Waals surface area contributed by atoms with Crippen LogP contribution in [0.2, 0.25) is 0 Å². The van der Waals surface area contributed by atoms with Crippen molar-refractivity contribution in [3.05, 3.63) is 46.0 Å². The lowest BCUT2D eigenvalue weighted by atomic mass is 10.1. The quantitative estimate of drug-likeness (QED) is 0.701. The van der Waals surface area contributed by atoms with Gasteiger partial charge >= 0.3 is 5.76 Å². The zero-order valence-electron chi connectivity index (χ0n) is 13.3. The molecular weight excluding hydrogens is 328 g/mol. The molecule has 1 aliphatic rings. The first-order valence-electron chi connectivity index (χ1n) is 7.78. The molecule has 3 aromatic rings. The van der Waals surface area contributed by atoms with Crippen molar-refractivity contribution in [3.63, 3.8) is 0 Å². The average molecular weight is 342 g/mol. The van der Waals surface area contributed by atoms with Gasteiger partial charge in [-0.3, -0.25) is 19.5 Å². The van der Waals surface area contributed by atoms with Crippen LogP contribution in [0, 0.1) is 6.92 Å². The van der Waals surface area contributed by atoms with Crippen LogP contribution in [0.3, 0.4) is 0 Å². The second-order valence-corrected chi connectivity index (χ2v) is 5.92. The molecule has 9 heteroatoms. The Balaban J connectivity index is 1.75. The fraction of sp³-hybridized carbons (Fsp3) is 0.312. The van der Waals surface area contributed by atoms with E-state index in [1.807, 2.05) is 0 Å². The van der Waals surface area contributed by atoms with E-state index < -0.39 is 17.7 Å². The lowest BCUT2D eigenvalue weighted by molar-refractivity contribution is -0.135. The lowest BCUT2D eigenvalue weighted by Crippen LogP contribution is -2.43. The van der Waals surface area contributed by atoms with E-state index in [0.29, 0.717) is 29.2 Å². The molecule has 2 amide bonds. The highest BCUT2D eigenvalue weighted by molar-refractivity contribution is 6.00. The zero-order valence-corrected chi connectivity index (χ0v) is 13.3. The second-order valence-electron chi connectivity index (χ2n) is 5.92. The Hall–Kier alpha value is -3.23. The molecular formula is C16H14N4O5. The molecule has 0 spiro atoms. The molecule has 9 nitrogen and oxygen atoms in total. The van der Waals surface area contributed by atoms with Gasteiger partial charge in [0.15, 0.2) is 11.4 Å². The van der Waals surface area contributed by atoms with Gasteiger partial charge in [0.1, 0.15) is 6.04 Å². The van der Waals surface area contributed by atoms with Gasteiger partial charge in [-0.25, -0.2) is 4.79 Å². The SMILES string of the molecule is Cc1noc(Cc2ccc3oc(=O)n(C4CCC(=O)NC4=O)c3c2)n1. The summed E-state index contributed by atoms with van der Waals surface area (Å²) in [5, 5.41) is 6.00. The van der Waals surface area contributed by atoms with E-state index in [2.05, 4.69) is 15.5 Å². The van der Waals surface area contributed by atoms with Crippen LogP contribution in [0.1, 0.15) is 36.2 Å². The van der Waals surface area contributed by atoms with E-state index in [4.69, 9.17) is 8.94 Å². The van der Waals surface area contributed by atoms with Crippen molar-refractivity contribution in [2.75, 3.05) is 0 Å². The van der Waals surface area contributed by atoms with Crippen LogP contribution in [0.15, 0.2) is 31.9 Å². The summed E-state index contributed by atoms with van der Waals surface area (Å²) < 4.78 is 11.6. The number of aryl methyl sites for hydroxylation is 1. The fourth-order valence-electron chi connectivity index (χ4n) is 3.00. The molecule has 0 radical (unpaired) electrons. The molecule has 1 unspecified atom stereocenters. The van der Waals surface area contributed by atoms with Crippen molar-refractivity contribution in [3.8, 4) is 0 Å². The first-order chi connectivity index (χ1) is 12.0. The van der Waals surface area contributed by atoms with Crippen LogP contribution in [0.5, 0.6) is 0 Å². The number of piperidine rings is 1. The summed E-state index contributed by atoms with van der Waals surface area (Å²) in [6, 6.07) is 4.44. The number of amides is 2. The minimum atomic E-state index is -0.771. The smallest absolute Gasteiger partial charge is 0.408 e.